The van der Waals surface area contributed by atoms with Gasteiger partial charge in [-0.25, -0.2) is 0 Å². The van der Waals surface area contributed by atoms with Gasteiger partial charge in [-0.2, -0.15) is 0 Å². The molecule has 0 heterocycles. The van der Waals surface area contributed by atoms with E-state index in [-0.39, 0.29) is 0 Å². The summed E-state index contributed by atoms with van der Waals surface area (Å²) in [6, 6.07) is 3.78. The number of benzene rings is 1. The van der Waals surface area contributed by atoms with Crippen LogP contribution >= 0.6 is 0 Å². The lowest BCUT2D eigenvalue weighted by atomic mass is 10.0. The van der Waals surface area contributed by atoms with Crippen molar-refractivity contribution in [1.29, 1.82) is 0 Å². The van der Waals surface area contributed by atoms with Crippen molar-refractivity contribution in [3.05, 3.63) is 39.3 Å². The molecule has 1 aromatic carbocycles. The van der Waals surface area contributed by atoms with Gasteiger partial charge < -0.3 is 5.73 Å². The summed E-state index contributed by atoms with van der Waals surface area (Å²) in [5.41, 5.74) is 17.8. The maximum Gasteiger partial charge on any atom is 0.0367 e. The monoisotopic (exact) mass is 214 g/mol. The molecule has 1 rings (SSSR count). The minimum absolute atomic E-state index is 0.413. The average Bonchev–Trinajstić information content (AvgIpc) is 2.28. The Morgan fingerprint density at radius 3 is 2.81 bits per heavy atom. The molecule has 0 spiro atoms. The van der Waals surface area contributed by atoms with Gasteiger partial charge in [-0.1, -0.05) is 17.0 Å². The lowest BCUT2D eigenvalue weighted by Crippen LogP contribution is -1.94. The molecule has 82 valence electrons. The molecular weight excluding hydrogens is 200 g/mol. The number of azide groups is 1. The van der Waals surface area contributed by atoms with E-state index in [4.69, 9.17) is 11.3 Å². The first kappa shape index (κ1) is 12.0. The Morgan fingerprint density at radius 2 is 2.12 bits per heavy atom. The average molecular weight is 214 g/mol. The van der Waals surface area contributed by atoms with E-state index in [2.05, 4.69) is 21.9 Å². The maximum absolute atomic E-state index is 8.09. The molecule has 0 aliphatic rings. The third kappa shape index (κ3) is 2.94. The first-order chi connectivity index (χ1) is 7.66. The Balaban J connectivity index is 2.81. The predicted octanol–water partition coefficient (Wildman–Crippen LogP) is 2.94. The summed E-state index contributed by atoms with van der Waals surface area (Å²) in [5.74, 6) is 6.02. The van der Waals surface area contributed by atoms with Crippen molar-refractivity contribution < 1.29 is 0 Å². The molecular formula is C12H14N4. The molecule has 0 saturated carbocycles. The highest BCUT2D eigenvalue weighted by Gasteiger charge is 2.00. The Hall–Kier alpha value is -2.11. The lowest BCUT2D eigenvalue weighted by molar-refractivity contribution is 1.01. The van der Waals surface area contributed by atoms with Crippen molar-refractivity contribution >= 4 is 5.69 Å². The van der Waals surface area contributed by atoms with Crippen LogP contribution in [0.3, 0.4) is 0 Å². The van der Waals surface area contributed by atoms with Crippen LogP contribution in [-0.4, -0.2) is 6.54 Å². The van der Waals surface area contributed by atoms with E-state index < -0.39 is 0 Å². The number of nitrogens with two attached hydrogens (primary N) is 1. The molecule has 0 bridgehead atoms. The van der Waals surface area contributed by atoms with Gasteiger partial charge in [-0.05, 0) is 42.6 Å². The van der Waals surface area contributed by atoms with E-state index >= 15 is 0 Å². The van der Waals surface area contributed by atoms with Gasteiger partial charge in [-0.3, -0.25) is 0 Å². The van der Waals surface area contributed by atoms with Crippen LogP contribution in [0.25, 0.3) is 10.4 Å². The van der Waals surface area contributed by atoms with Crippen LogP contribution in [0, 0.1) is 25.7 Å². The van der Waals surface area contributed by atoms with E-state index in [0.717, 1.165) is 22.4 Å². The molecule has 0 aromatic heterocycles. The van der Waals surface area contributed by atoms with Crippen LogP contribution in [-0.2, 0) is 0 Å². The summed E-state index contributed by atoms with van der Waals surface area (Å²) in [6.45, 7) is 4.40. The van der Waals surface area contributed by atoms with Gasteiger partial charge in [0.05, 0.1) is 0 Å². The normalized spacial score (nSPS) is 8.88. The van der Waals surface area contributed by atoms with Crippen molar-refractivity contribution in [1.82, 2.24) is 0 Å². The lowest BCUT2D eigenvalue weighted by Gasteiger charge is -2.05. The fourth-order valence-corrected chi connectivity index (χ4v) is 1.29. The highest BCUT2D eigenvalue weighted by atomic mass is 15.1. The van der Waals surface area contributed by atoms with Crippen molar-refractivity contribution in [3.63, 3.8) is 0 Å². The fourth-order valence-electron chi connectivity index (χ4n) is 1.29. The van der Waals surface area contributed by atoms with Gasteiger partial charge in [0.1, 0.15) is 0 Å². The highest BCUT2D eigenvalue weighted by Crippen LogP contribution is 2.18. The quantitative estimate of drug-likeness (QED) is 0.202. The van der Waals surface area contributed by atoms with Crippen LogP contribution in [0.2, 0.25) is 0 Å². The number of rotatable bonds is 2. The number of anilines is 1. The second kappa shape index (κ2) is 5.69. The van der Waals surface area contributed by atoms with Crippen LogP contribution in [0.15, 0.2) is 17.2 Å². The largest absolute Gasteiger partial charge is 0.399 e. The van der Waals surface area contributed by atoms with E-state index in [1.54, 1.807) is 0 Å². The summed E-state index contributed by atoms with van der Waals surface area (Å²) in [5, 5.41) is 3.42. The SMILES string of the molecule is Cc1c(N)ccc(C#CCCN=[N+]=[N-])c1C. The molecule has 0 aliphatic carbocycles. The molecule has 4 nitrogen and oxygen atoms in total. The first-order valence-electron chi connectivity index (χ1n) is 5.02. The molecule has 0 radical (unpaired) electrons. The molecule has 2 N–H and O–H groups in total. The second-order valence-corrected chi connectivity index (χ2v) is 3.46. The zero-order valence-corrected chi connectivity index (χ0v) is 9.49. The van der Waals surface area contributed by atoms with Gasteiger partial charge in [0.25, 0.3) is 0 Å². The Labute approximate surface area is 95.1 Å². The molecule has 0 unspecified atom stereocenters. The summed E-state index contributed by atoms with van der Waals surface area (Å²) in [4.78, 5) is 2.66. The van der Waals surface area contributed by atoms with Crippen LogP contribution in [0.4, 0.5) is 5.69 Å². The Bertz CT molecular complexity index is 488. The van der Waals surface area contributed by atoms with Gasteiger partial charge in [-0.15, -0.1) is 0 Å². The fraction of sp³-hybridized carbons (Fsp3) is 0.333. The zero-order valence-electron chi connectivity index (χ0n) is 9.49. The van der Waals surface area contributed by atoms with E-state index in [1.165, 1.54) is 0 Å². The standard InChI is InChI=1S/C12H14N4/c1-9-10(2)12(13)7-6-11(9)5-3-4-8-15-16-14/h6-7H,4,8,13H2,1-2H3. The third-order valence-electron chi connectivity index (χ3n) is 2.45. The number of nitrogens with zero attached hydrogens (tertiary/aromatic N) is 3. The highest BCUT2D eigenvalue weighted by molar-refractivity contribution is 5.56. The molecule has 1 aromatic rings. The van der Waals surface area contributed by atoms with E-state index in [1.807, 2.05) is 26.0 Å². The Kier molecular flexibility index (Phi) is 4.26. The van der Waals surface area contributed by atoms with Crippen molar-refractivity contribution in [2.45, 2.75) is 20.3 Å². The van der Waals surface area contributed by atoms with Crippen LogP contribution < -0.4 is 5.73 Å². The van der Waals surface area contributed by atoms with Gasteiger partial charge in [0, 0.05) is 29.1 Å². The molecule has 0 fully saturated rings. The number of hydrogen-bond acceptors (Lipinski definition) is 2. The maximum atomic E-state index is 8.09. The summed E-state index contributed by atoms with van der Waals surface area (Å²) in [6.07, 6.45) is 0.576. The van der Waals surface area contributed by atoms with Crippen molar-refractivity contribution in [2.75, 3.05) is 12.3 Å². The first-order valence-corrected chi connectivity index (χ1v) is 5.02. The predicted molar refractivity (Wildman–Crippen MR) is 65.8 cm³/mol. The minimum atomic E-state index is 0.413. The van der Waals surface area contributed by atoms with Crippen molar-refractivity contribution in [2.24, 2.45) is 5.11 Å². The summed E-state index contributed by atoms with van der Waals surface area (Å²) >= 11 is 0. The summed E-state index contributed by atoms with van der Waals surface area (Å²) in [7, 11) is 0. The molecule has 4 heteroatoms. The zero-order chi connectivity index (χ0) is 12.0. The topological polar surface area (TPSA) is 74.8 Å². The summed E-state index contributed by atoms with van der Waals surface area (Å²) < 4.78 is 0. The van der Waals surface area contributed by atoms with Crippen molar-refractivity contribution in [3.8, 4) is 11.8 Å². The molecule has 0 saturated heterocycles. The minimum Gasteiger partial charge on any atom is -0.399 e. The van der Waals surface area contributed by atoms with Gasteiger partial charge in [0.2, 0.25) is 0 Å². The molecule has 0 atom stereocenters. The number of hydrogen-bond donors (Lipinski definition) is 1. The number of nitrogen functional groups attached to an aromatic ring is 1. The second-order valence-electron chi connectivity index (χ2n) is 3.46. The molecule has 16 heavy (non-hydrogen) atoms. The smallest absolute Gasteiger partial charge is 0.0367 e. The molecule has 0 aliphatic heterocycles. The third-order valence-corrected chi connectivity index (χ3v) is 2.45. The van der Waals surface area contributed by atoms with E-state index in [0.29, 0.717) is 13.0 Å². The van der Waals surface area contributed by atoms with Crippen LogP contribution in [0.5, 0.6) is 0 Å². The Morgan fingerprint density at radius 1 is 1.38 bits per heavy atom. The van der Waals surface area contributed by atoms with Crippen LogP contribution in [0.1, 0.15) is 23.1 Å². The van der Waals surface area contributed by atoms with Gasteiger partial charge in [0.15, 0.2) is 0 Å². The van der Waals surface area contributed by atoms with Gasteiger partial charge >= 0.3 is 0 Å². The van der Waals surface area contributed by atoms with E-state index in [9.17, 15) is 0 Å². The molecule has 0 amide bonds.